The molecule has 0 saturated carbocycles. The number of carbonyl (C=O) groups is 2. The van der Waals surface area contributed by atoms with Crippen LogP contribution in [-0.4, -0.2) is 46.5 Å². The smallest absolute Gasteiger partial charge is 0.355 e. The van der Waals surface area contributed by atoms with Gasteiger partial charge in [0.15, 0.2) is 0 Å². The van der Waals surface area contributed by atoms with Gasteiger partial charge in [-0.05, 0) is 30.9 Å². The maximum absolute atomic E-state index is 13.3. The zero-order chi connectivity index (χ0) is 26.2. The van der Waals surface area contributed by atoms with Gasteiger partial charge in [0.05, 0.1) is 23.4 Å². The Morgan fingerprint density at radius 2 is 1.76 bits per heavy atom. The second kappa shape index (κ2) is 11.9. The summed E-state index contributed by atoms with van der Waals surface area (Å²) >= 11 is 0. The number of piperidine rings is 1. The lowest BCUT2D eigenvalue weighted by Gasteiger charge is -2.32. The van der Waals surface area contributed by atoms with Crippen LogP contribution in [0.25, 0.3) is 0 Å². The van der Waals surface area contributed by atoms with Gasteiger partial charge < -0.3 is 9.64 Å². The van der Waals surface area contributed by atoms with Crippen LogP contribution in [0.4, 0.5) is 17.3 Å². The monoisotopic (exact) mass is 504 g/mol. The number of hydrogen-bond acceptors (Lipinski definition) is 9. The fraction of sp³-hybridized carbons (Fsp3) is 0.308. The molecule has 1 unspecified atom stereocenters. The first-order chi connectivity index (χ1) is 18.0. The summed E-state index contributed by atoms with van der Waals surface area (Å²) in [7, 11) is 0. The molecule has 4 rings (SSSR count). The molecule has 192 valence electrons. The van der Waals surface area contributed by atoms with Gasteiger partial charge in [-0.3, -0.25) is 30.6 Å². The molecule has 0 bridgehead atoms. The van der Waals surface area contributed by atoms with Gasteiger partial charge in [-0.25, -0.2) is 9.97 Å². The van der Waals surface area contributed by atoms with Gasteiger partial charge in [-0.2, -0.15) is 0 Å². The second-order valence-corrected chi connectivity index (χ2v) is 8.56. The summed E-state index contributed by atoms with van der Waals surface area (Å²) < 4.78 is 5.14. The maximum Gasteiger partial charge on any atom is 0.355 e. The van der Waals surface area contributed by atoms with Gasteiger partial charge in [-0.15, -0.1) is 0 Å². The molecular formula is C26H28N6O5. The molecule has 37 heavy (non-hydrogen) atoms. The van der Waals surface area contributed by atoms with Crippen molar-refractivity contribution in [3.63, 3.8) is 0 Å². The van der Waals surface area contributed by atoms with Crippen LogP contribution in [0.2, 0.25) is 0 Å². The summed E-state index contributed by atoms with van der Waals surface area (Å²) in [4.78, 5) is 46.9. The van der Waals surface area contributed by atoms with Crippen molar-refractivity contribution >= 4 is 29.2 Å². The van der Waals surface area contributed by atoms with Crippen LogP contribution in [0.1, 0.15) is 36.8 Å². The Morgan fingerprint density at radius 1 is 1.11 bits per heavy atom. The van der Waals surface area contributed by atoms with E-state index in [9.17, 15) is 19.7 Å². The van der Waals surface area contributed by atoms with E-state index in [1.165, 1.54) is 6.33 Å². The minimum Gasteiger partial charge on any atom is -0.466 e. The van der Waals surface area contributed by atoms with Crippen molar-refractivity contribution in [3.05, 3.63) is 88.2 Å². The highest BCUT2D eigenvalue weighted by atomic mass is 16.6. The van der Waals surface area contributed by atoms with Gasteiger partial charge in [-0.1, -0.05) is 60.7 Å². The molecule has 1 aromatic heterocycles. The summed E-state index contributed by atoms with van der Waals surface area (Å²) in [6, 6.07) is 18.5. The molecule has 0 spiro atoms. The topological polar surface area (TPSA) is 140 Å². The minimum atomic E-state index is -0.650. The number of esters is 1. The van der Waals surface area contributed by atoms with E-state index in [4.69, 9.17) is 4.74 Å². The van der Waals surface area contributed by atoms with Crippen molar-refractivity contribution in [1.82, 2.24) is 15.4 Å². The Labute approximate surface area is 214 Å². The Bertz CT molecular complexity index is 1200. The summed E-state index contributed by atoms with van der Waals surface area (Å²) in [6.07, 6.45) is 2.48. The average molecular weight is 505 g/mol. The van der Waals surface area contributed by atoms with Crippen LogP contribution in [0.15, 0.2) is 67.0 Å². The number of aromatic nitrogens is 2. The molecule has 2 heterocycles. The molecule has 1 fully saturated rings. The maximum atomic E-state index is 13.3. The number of hydrazine groups is 1. The minimum absolute atomic E-state index is 0.0772. The Balaban J connectivity index is 1.57. The number of nitro groups is 1. The number of anilines is 2. The molecule has 11 nitrogen and oxygen atoms in total. The lowest BCUT2D eigenvalue weighted by molar-refractivity contribution is -0.383. The third-order valence-electron chi connectivity index (χ3n) is 6.16. The highest BCUT2D eigenvalue weighted by Gasteiger charge is 2.33. The van der Waals surface area contributed by atoms with Gasteiger partial charge in [0.1, 0.15) is 6.33 Å². The Morgan fingerprint density at radius 3 is 2.35 bits per heavy atom. The van der Waals surface area contributed by atoms with E-state index in [-0.39, 0.29) is 36.4 Å². The van der Waals surface area contributed by atoms with E-state index >= 15 is 0 Å². The van der Waals surface area contributed by atoms with Crippen molar-refractivity contribution in [2.24, 2.45) is 5.92 Å². The average Bonchev–Trinajstić information content (AvgIpc) is 2.93. The van der Waals surface area contributed by atoms with Crippen LogP contribution >= 0.6 is 0 Å². The molecule has 1 atom stereocenters. The van der Waals surface area contributed by atoms with Crippen molar-refractivity contribution < 1.29 is 19.2 Å². The van der Waals surface area contributed by atoms with E-state index in [0.717, 1.165) is 11.1 Å². The number of ether oxygens (including phenoxy) is 1. The second-order valence-electron chi connectivity index (χ2n) is 8.56. The fourth-order valence-electron chi connectivity index (χ4n) is 4.46. The van der Waals surface area contributed by atoms with Crippen LogP contribution in [0.5, 0.6) is 0 Å². The summed E-state index contributed by atoms with van der Waals surface area (Å²) in [6.45, 7) is 2.74. The predicted molar refractivity (Wildman–Crippen MR) is 137 cm³/mol. The van der Waals surface area contributed by atoms with Gasteiger partial charge in [0.2, 0.25) is 17.5 Å². The lowest BCUT2D eigenvalue weighted by Crippen LogP contribution is -2.40. The zero-order valence-electron chi connectivity index (χ0n) is 20.4. The van der Waals surface area contributed by atoms with Crippen molar-refractivity contribution in [3.8, 4) is 0 Å². The fourth-order valence-corrected chi connectivity index (χ4v) is 4.46. The van der Waals surface area contributed by atoms with Crippen molar-refractivity contribution in [1.29, 1.82) is 0 Å². The molecule has 2 N–H and O–H groups in total. The summed E-state index contributed by atoms with van der Waals surface area (Å²) in [5.74, 6) is -1.87. The molecule has 11 heteroatoms. The third kappa shape index (κ3) is 6.00. The van der Waals surface area contributed by atoms with E-state index in [1.54, 1.807) is 11.8 Å². The lowest BCUT2D eigenvalue weighted by atomic mass is 9.91. The predicted octanol–water partition coefficient (Wildman–Crippen LogP) is 3.44. The van der Waals surface area contributed by atoms with Gasteiger partial charge in [0.25, 0.3) is 0 Å². The van der Waals surface area contributed by atoms with Crippen LogP contribution < -0.4 is 15.8 Å². The largest absolute Gasteiger partial charge is 0.466 e. The molecule has 0 radical (unpaired) electrons. The number of nitrogens with one attached hydrogen (secondary N) is 2. The quantitative estimate of drug-likeness (QED) is 0.255. The van der Waals surface area contributed by atoms with Crippen LogP contribution in [-0.2, 0) is 14.3 Å². The van der Waals surface area contributed by atoms with E-state index in [0.29, 0.717) is 19.4 Å². The van der Waals surface area contributed by atoms with E-state index in [1.807, 2.05) is 60.7 Å². The van der Waals surface area contributed by atoms with Crippen LogP contribution in [0, 0.1) is 16.0 Å². The SMILES string of the molecule is CCOC(=O)C1CCCN(c2ncnc(NNC(=O)C(c3ccccc3)c3ccccc3)c2[N+](=O)[O-])C1. The molecule has 0 aliphatic carbocycles. The first-order valence-corrected chi connectivity index (χ1v) is 12.1. The highest BCUT2D eigenvalue weighted by Crippen LogP contribution is 2.34. The molecular weight excluding hydrogens is 476 g/mol. The van der Waals surface area contributed by atoms with Gasteiger partial charge >= 0.3 is 11.7 Å². The van der Waals surface area contributed by atoms with Crippen molar-refractivity contribution in [2.45, 2.75) is 25.7 Å². The van der Waals surface area contributed by atoms with Gasteiger partial charge in [0, 0.05) is 13.1 Å². The molecule has 1 aliphatic heterocycles. The molecule has 1 amide bonds. The summed E-state index contributed by atoms with van der Waals surface area (Å²) in [5.41, 5.74) is 6.38. The number of nitrogens with zero attached hydrogens (tertiary/aromatic N) is 4. The van der Waals surface area contributed by atoms with E-state index < -0.39 is 22.7 Å². The number of hydrogen-bond donors (Lipinski definition) is 2. The zero-order valence-corrected chi connectivity index (χ0v) is 20.4. The Hall–Kier alpha value is -4.54. The first kappa shape index (κ1) is 25.5. The van der Waals surface area contributed by atoms with Crippen molar-refractivity contribution in [2.75, 3.05) is 30.0 Å². The number of benzene rings is 2. The number of amides is 1. The standard InChI is InChI=1S/C26H28N6O5/c1-2-37-26(34)20-14-9-15-31(16-20)24-22(32(35)36)23(27-17-28-24)29-30-25(33)21(18-10-5-3-6-11-18)19-12-7-4-8-13-19/h3-8,10-13,17,20-21H,2,9,14-16H2,1H3,(H,30,33)(H,27,28,29). The normalized spacial score (nSPS) is 15.2. The van der Waals surface area contributed by atoms with Crippen LogP contribution in [0.3, 0.4) is 0 Å². The number of rotatable bonds is 9. The summed E-state index contributed by atoms with van der Waals surface area (Å²) in [5, 5.41) is 12.1. The first-order valence-electron chi connectivity index (χ1n) is 12.1. The molecule has 3 aromatic rings. The molecule has 1 aliphatic rings. The molecule has 1 saturated heterocycles. The highest BCUT2D eigenvalue weighted by molar-refractivity contribution is 5.88. The number of carbonyl (C=O) groups excluding carboxylic acids is 2. The Kier molecular flexibility index (Phi) is 8.24. The van der Waals surface area contributed by atoms with E-state index in [2.05, 4.69) is 20.8 Å². The third-order valence-corrected chi connectivity index (χ3v) is 6.16. The molecule has 2 aromatic carbocycles.